The number of nitrogens with two attached hydrogens (primary N) is 1. The van der Waals surface area contributed by atoms with E-state index in [1.54, 1.807) is 6.07 Å². The Labute approximate surface area is 96.8 Å². The van der Waals surface area contributed by atoms with Gasteiger partial charge in [-0.05, 0) is 18.2 Å². The van der Waals surface area contributed by atoms with E-state index < -0.39 is 11.7 Å². The Morgan fingerprint density at radius 2 is 2.00 bits per heavy atom. The Balaban J connectivity index is 3.23. The van der Waals surface area contributed by atoms with Crippen molar-refractivity contribution in [1.82, 2.24) is 0 Å². The largest absolute Gasteiger partial charge is 0.417 e. The Morgan fingerprint density at radius 3 is 2.53 bits per heavy atom. The molecule has 0 fully saturated rings. The third-order valence-electron chi connectivity index (χ3n) is 1.95. The van der Waals surface area contributed by atoms with Crippen molar-refractivity contribution >= 4 is 0 Å². The van der Waals surface area contributed by atoms with E-state index in [0.717, 1.165) is 6.07 Å². The molecular weight excluding hydrogens is 229 g/mol. The van der Waals surface area contributed by atoms with Crippen molar-refractivity contribution in [3.63, 3.8) is 0 Å². The molecule has 0 spiro atoms. The van der Waals surface area contributed by atoms with Gasteiger partial charge in [0.15, 0.2) is 0 Å². The molecule has 0 unspecified atom stereocenters. The SMILES string of the molecule is N#Cc1ccc(C#CCCN)c(C(F)(F)F)c1. The minimum absolute atomic E-state index is 0.0401. The highest BCUT2D eigenvalue weighted by atomic mass is 19.4. The molecule has 0 bridgehead atoms. The van der Waals surface area contributed by atoms with E-state index in [4.69, 9.17) is 11.0 Å². The summed E-state index contributed by atoms with van der Waals surface area (Å²) >= 11 is 0. The van der Waals surface area contributed by atoms with Crippen LogP contribution in [0.2, 0.25) is 0 Å². The Kier molecular flexibility index (Phi) is 4.14. The van der Waals surface area contributed by atoms with Crippen LogP contribution in [0.5, 0.6) is 0 Å². The number of benzene rings is 1. The number of nitrogens with zero attached hydrogens (tertiary/aromatic N) is 1. The summed E-state index contributed by atoms with van der Waals surface area (Å²) in [6, 6.07) is 4.97. The van der Waals surface area contributed by atoms with Crippen molar-refractivity contribution in [1.29, 1.82) is 5.26 Å². The lowest BCUT2D eigenvalue weighted by molar-refractivity contribution is -0.137. The predicted octanol–water partition coefficient (Wildman–Crippen LogP) is 2.28. The maximum atomic E-state index is 12.7. The average molecular weight is 238 g/mol. The van der Waals surface area contributed by atoms with Crippen LogP contribution in [-0.2, 0) is 6.18 Å². The molecule has 1 aromatic rings. The maximum Gasteiger partial charge on any atom is 0.417 e. The first-order chi connectivity index (χ1) is 7.99. The van der Waals surface area contributed by atoms with Gasteiger partial charge >= 0.3 is 6.18 Å². The molecule has 2 N–H and O–H groups in total. The maximum absolute atomic E-state index is 12.7. The molecule has 0 aromatic heterocycles. The quantitative estimate of drug-likeness (QED) is 0.763. The van der Waals surface area contributed by atoms with E-state index >= 15 is 0 Å². The van der Waals surface area contributed by atoms with Gasteiger partial charge in [-0.2, -0.15) is 18.4 Å². The van der Waals surface area contributed by atoms with Gasteiger partial charge in [0.25, 0.3) is 0 Å². The first-order valence-electron chi connectivity index (χ1n) is 4.79. The molecular formula is C12H9F3N2. The summed E-state index contributed by atoms with van der Waals surface area (Å²) in [6.45, 7) is 0.296. The summed E-state index contributed by atoms with van der Waals surface area (Å²) < 4.78 is 38.0. The first-order valence-corrected chi connectivity index (χ1v) is 4.79. The zero-order valence-electron chi connectivity index (χ0n) is 8.80. The summed E-state index contributed by atoms with van der Waals surface area (Å²) in [6.07, 6.45) is -4.18. The standard InChI is InChI=1S/C12H9F3N2/c13-12(14,15)11-7-9(8-17)4-5-10(11)3-1-2-6-16/h4-5,7H,2,6,16H2. The van der Waals surface area contributed by atoms with Crippen LogP contribution < -0.4 is 5.73 Å². The number of nitriles is 1. The van der Waals surface area contributed by atoms with Crippen LogP contribution in [0.25, 0.3) is 0 Å². The number of rotatable bonds is 1. The van der Waals surface area contributed by atoms with Gasteiger partial charge in [-0.3, -0.25) is 0 Å². The highest BCUT2D eigenvalue weighted by molar-refractivity contribution is 5.47. The van der Waals surface area contributed by atoms with Gasteiger partial charge in [0.05, 0.1) is 17.2 Å². The molecule has 2 nitrogen and oxygen atoms in total. The van der Waals surface area contributed by atoms with E-state index in [0.29, 0.717) is 13.0 Å². The molecule has 0 saturated carbocycles. The molecule has 0 aliphatic rings. The third-order valence-corrected chi connectivity index (χ3v) is 1.95. The number of halogens is 3. The normalized spacial score (nSPS) is 10.3. The molecule has 0 saturated heterocycles. The topological polar surface area (TPSA) is 49.8 Å². The summed E-state index contributed by atoms with van der Waals surface area (Å²) in [4.78, 5) is 0. The molecule has 17 heavy (non-hydrogen) atoms. The van der Waals surface area contributed by atoms with Gasteiger partial charge in [0.2, 0.25) is 0 Å². The minimum atomic E-state index is -4.51. The second kappa shape index (κ2) is 5.38. The van der Waals surface area contributed by atoms with Gasteiger partial charge < -0.3 is 5.73 Å². The van der Waals surface area contributed by atoms with Gasteiger partial charge in [-0.15, -0.1) is 0 Å². The van der Waals surface area contributed by atoms with Crippen LogP contribution in [0.15, 0.2) is 18.2 Å². The van der Waals surface area contributed by atoms with Crippen molar-refractivity contribution in [2.45, 2.75) is 12.6 Å². The molecule has 0 amide bonds. The van der Waals surface area contributed by atoms with Gasteiger partial charge in [0.1, 0.15) is 0 Å². The molecule has 0 aliphatic heterocycles. The van der Waals surface area contributed by atoms with E-state index in [2.05, 4.69) is 11.8 Å². The molecule has 1 rings (SSSR count). The first kappa shape index (κ1) is 13.1. The smallest absolute Gasteiger partial charge is 0.330 e. The number of hydrogen-bond donors (Lipinski definition) is 1. The molecule has 0 radical (unpaired) electrons. The Hall–Kier alpha value is -1.98. The van der Waals surface area contributed by atoms with E-state index in [1.807, 2.05) is 0 Å². The molecule has 0 heterocycles. The van der Waals surface area contributed by atoms with Crippen LogP contribution in [-0.4, -0.2) is 6.54 Å². The summed E-state index contributed by atoms with van der Waals surface area (Å²) in [7, 11) is 0. The van der Waals surface area contributed by atoms with Crippen LogP contribution in [0, 0.1) is 23.2 Å². The highest BCUT2D eigenvalue weighted by Crippen LogP contribution is 2.32. The van der Waals surface area contributed by atoms with Gasteiger partial charge in [-0.25, -0.2) is 0 Å². The van der Waals surface area contributed by atoms with Crippen molar-refractivity contribution < 1.29 is 13.2 Å². The number of alkyl halides is 3. The molecule has 0 aliphatic carbocycles. The highest BCUT2D eigenvalue weighted by Gasteiger charge is 2.33. The fraction of sp³-hybridized carbons (Fsp3) is 0.250. The van der Waals surface area contributed by atoms with Crippen molar-refractivity contribution in [3.05, 3.63) is 34.9 Å². The fourth-order valence-corrected chi connectivity index (χ4v) is 1.19. The van der Waals surface area contributed by atoms with Crippen LogP contribution in [0.4, 0.5) is 13.2 Å². The summed E-state index contributed by atoms with van der Waals surface area (Å²) in [5.41, 5.74) is 4.13. The molecule has 5 heteroatoms. The zero-order valence-corrected chi connectivity index (χ0v) is 8.80. The average Bonchev–Trinajstić information content (AvgIpc) is 2.28. The lowest BCUT2D eigenvalue weighted by Gasteiger charge is -2.09. The Bertz CT molecular complexity index is 501. The van der Waals surface area contributed by atoms with Crippen molar-refractivity contribution in [2.75, 3.05) is 6.54 Å². The Morgan fingerprint density at radius 1 is 1.29 bits per heavy atom. The molecule has 1 aromatic carbocycles. The lowest BCUT2D eigenvalue weighted by Crippen LogP contribution is -2.08. The van der Waals surface area contributed by atoms with Crippen molar-refractivity contribution in [2.24, 2.45) is 5.73 Å². The van der Waals surface area contributed by atoms with Gasteiger partial charge in [0, 0.05) is 18.5 Å². The monoisotopic (exact) mass is 238 g/mol. The number of hydrogen-bond acceptors (Lipinski definition) is 2. The van der Waals surface area contributed by atoms with Crippen LogP contribution >= 0.6 is 0 Å². The second-order valence-corrected chi connectivity index (χ2v) is 3.21. The van der Waals surface area contributed by atoms with E-state index in [9.17, 15) is 13.2 Å². The fourth-order valence-electron chi connectivity index (χ4n) is 1.19. The third kappa shape index (κ3) is 3.51. The van der Waals surface area contributed by atoms with Crippen LogP contribution in [0.3, 0.4) is 0 Å². The summed E-state index contributed by atoms with van der Waals surface area (Å²) in [5, 5.41) is 8.56. The lowest BCUT2D eigenvalue weighted by atomic mass is 10.0. The zero-order chi connectivity index (χ0) is 12.9. The predicted molar refractivity (Wildman–Crippen MR) is 56.7 cm³/mol. The molecule has 88 valence electrons. The summed E-state index contributed by atoms with van der Waals surface area (Å²) in [5.74, 6) is 4.96. The second-order valence-electron chi connectivity index (χ2n) is 3.21. The van der Waals surface area contributed by atoms with E-state index in [1.165, 1.54) is 12.1 Å². The van der Waals surface area contributed by atoms with E-state index in [-0.39, 0.29) is 11.1 Å². The minimum Gasteiger partial charge on any atom is -0.330 e. The van der Waals surface area contributed by atoms with Crippen molar-refractivity contribution in [3.8, 4) is 17.9 Å². The molecule has 0 atom stereocenters. The van der Waals surface area contributed by atoms with Gasteiger partial charge in [-0.1, -0.05) is 11.8 Å². The van der Waals surface area contributed by atoms with Crippen LogP contribution in [0.1, 0.15) is 23.1 Å².